The fourth-order valence-electron chi connectivity index (χ4n) is 4.73. The Morgan fingerprint density at radius 3 is 2.83 bits per heavy atom. The van der Waals surface area contributed by atoms with Crippen LogP contribution in [0, 0.1) is 19.3 Å². The SMILES string of the molecule is CCc1nc(C)cc(NC2CN(C(=O)c3cc[nH]c3C)CC3(CCOCC3)C2)n1. The molecular weight excluding hydrogens is 366 g/mol. The second kappa shape index (κ2) is 8.14. The fourth-order valence-corrected chi connectivity index (χ4v) is 4.73. The largest absolute Gasteiger partial charge is 0.381 e. The zero-order chi connectivity index (χ0) is 20.4. The molecule has 0 bridgehead atoms. The van der Waals surface area contributed by atoms with Crippen molar-refractivity contribution in [2.45, 2.75) is 52.5 Å². The number of ether oxygens (including phenoxy) is 1. The molecule has 2 aliphatic rings. The number of likely N-dealkylation sites (tertiary alicyclic amines) is 1. The Morgan fingerprint density at radius 2 is 2.14 bits per heavy atom. The van der Waals surface area contributed by atoms with Gasteiger partial charge in [-0.3, -0.25) is 4.79 Å². The number of nitrogens with one attached hydrogen (secondary N) is 2. The lowest BCUT2D eigenvalue weighted by Crippen LogP contribution is -2.55. The van der Waals surface area contributed by atoms with Crippen LogP contribution in [0.15, 0.2) is 18.3 Å². The number of anilines is 1. The number of aromatic amines is 1. The Morgan fingerprint density at radius 1 is 1.34 bits per heavy atom. The van der Waals surface area contributed by atoms with Crippen molar-refractivity contribution < 1.29 is 9.53 Å². The highest BCUT2D eigenvalue weighted by Gasteiger charge is 2.42. The number of piperidine rings is 1. The Balaban J connectivity index is 1.58. The molecule has 2 aromatic rings. The van der Waals surface area contributed by atoms with Gasteiger partial charge in [-0.15, -0.1) is 0 Å². The van der Waals surface area contributed by atoms with Gasteiger partial charge in [0.25, 0.3) is 5.91 Å². The lowest BCUT2D eigenvalue weighted by atomic mass is 9.72. The number of aromatic nitrogens is 3. The molecule has 4 heterocycles. The lowest BCUT2D eigenvalue weighted by molar-refractivity contribution is -0.0259. The molecule has 0 radical (unpaired) electrons. The van der Waals surface area contributed by atoms with Gasteiger partial charge in [0.2, 0.25) is 0 Å². The number of aryl methyl sites for hydroxylation is 3. The molecule has 1 spiro atoms. The molecule has 4 rings (SSSR count). The van der Waals surface area contributed by atoms with Gasteiger partial charge in [-0.1, -0.05) is 6.92 Å². The number of hydrogen-bond donors (Lipinski definition) is 2. The van der Waals surface area contributed by atoms with E-state index in [-0.39, 0.29) is 17.4 Å². The van der Waals surface area contributed by atoms with Crippen LogP contribution in [0.2, 0.25) is 0 Å². The number of nitrogens with zero attached hydrogens (tertiary/aromatic N) is 3. The second-order valence-corrected chi connectivity index (χ2v) is 8.52. The van der Waals surface area contributed by atoms with Crippen molar-refractivity contribution in [2.75, 3.05) is 31.6 Å². The maximum atomic E-state index is 13.3. The first-order valence-electron chi connectivity index (χ1n) is 10.6. The first kappa shape index (κ1) is 19.9. The number of carbonyl (C=O) groups excluding carboxylic acids is 1. The molecule has 1 amide bonds. The van der Waals surface area contributed by atoms with E-state index in [0.29, 0.717) is 6.54 Å². The number of amides is 1. The molecule has 1 atom stereocenters. The van der Waals surface area contributed by atoms with Crippen molar-refractivity contribution in [3.8, 4) is 0 Å². The number of hydrogen-bond acceptors (Lipinski definition) is 5. The minimum atomic E-state index is 0.101. The molecule has 156 valence electrons. The average Bonchev–Trinajstić information content (AvgIpc) is 3.13. The van der Waals surface area contributed by atoms with Gasteiger partial charge in [0, 0.05) is 62.4 Å². The lowest BCUT2D eigenvalue weighted by Gasteiger charge is -2.48. The van der Waals surface area contributed by atoms with Gasteiger partial charge >= 0.3 is 0 Å². The van der Waals surface area contributed by atoms with Crippen molar-refractivity contribution in [3.05, 3.63) is 41.1 Å². The maximum absolute atomic E-state index is 13.3. The van der Waals surface area contributed by atoms with E-state index in [1.165, 1.54) is 0 Å². The molecule has 0 aliphatic carbocycles. The Bertz CT molecular complexity index is 872. The molecule has 0 saturated carbocycles. The van der Waals surface area contributed by atoms with Gasteiger partial charge < -0.3 is 19.9 Å². The second-order valence-electron chi connectivity index (χ2n) is 8.52. The molecule has 2 aromatic heterocycles. The predicted octanol–water partition coefficient (Wildman–Crippen LogP) is 3.11. The van der Waals surface area contributed by atoms with Gasteiger partial charge in [0.1, 0.15) is 11.6 Å². The Labute approximate surface area is 172 Å². The first-order chi connectivity index (χ1) is 14.0. The summed E-state index contributed by atoms with van der Waals surface area (Å²) in [6.07, 6.45) is 5.65. The third-order valence-electron chi connectivity index (χ3n) is 6.24. The van der Waals surface area contributed by atoms with Crippen molar-refractivity contribution in [3.63, 3.8) is 0 Å². The summed E-state index contributed by atoms with van der Waals surface area (Å²) in [7, 11) is 0. The number of carbonyl (C=O) groups is 1. The summed E-state index contributed by atoms with van der Waals surface area (Å²) in [5.41, 5.74) is 2.75. The molecule has 2 aliphatic heterocycles. The van der Waals surface area contributed by atoms with E-state index in [0.717, 1.165) is 74.0 Å². The van der Waals surface area contributed by atoms with Crippen molar-refractivity contribution >= 4 is 11.7 Å². The minimum absolute atomic E-state index is 0.101. The van der Waals surface area contributed by atoms with E-state index in [2.05, 4.69) is 27.2 Å². The summed E-state index contributed by atoms with van der Waals surface area (Å²) >= 11 is 0. The smallest absolute Gasteiger partial charge is 0.255 e. The molecule has 2 N–H and O–H groups in total. The van der Waals surface area contributed by atoms with Gasteiger partial charge in [-0.05, 0) is 44.6 Å². The average molecular weight is 398 g/mol. The number of rotatable bonds is 4. The summed E-state index contributed by atoms with van der Waals surface area (Å²) < 4.78 is 5.63. The monoisotopic (exact) mass is 397 g/mol. The van der Waals surface area contributed by atoms with E-state index < -0.39 is 0 Å². The van der Waals surface area contributed by atoms with E-state index in [4.69, 9.17) is 4.74 Å². The third kappa shape index (κ3) is 4.29. The molecule has 1 unspecified atom stereocenters. The van der Waals surface area contributed by atoms with Crippen LogP contribution in [0.3, 0.4) is 0 Å². The summed E-state index contributed by atoms with van der Waals surface area (Å²) in [6.45, 7) is 9.02. The normalized spacial score (nSPS) is 21.3. The molecule has 29 heavy (non-hydrogen) atoms. The van der Waals surface area contributed by atoms with Crippen LogP contribution < -0.4 is 5.32 Å². The summed E-state index contributed by atoms with van der Waals surface area (Å²) in [4.78, 5) is 27.6. The van der Waals surface area contributed by atoms with Crippen molar-refractivity contribution in [2.24, 2.45) is 5.41 Å². The van der Waals surface area contributed by atoms with Crippen molar-refractivity contribution in [1.29, 1.82) is 0 Å². The fraction of sp³-hybridized carbons (Fsp3) is 0.591. The van der Waals surface area contributed by atoms with Crippen LogP contribution in [-0.4, -0.2) is 58.1 Å². The molecule has 7 heteroatoms. The Hall–Kier alpha value is -2.41. The molecule has 2 saturated heterocycles. The molecule has 2 fully saturated rings. The zero-order valence-electron chi connectivity index (χ0n) is 17.6. The van der Waals surface area contributed by atoms with E-state index in [9.17, 15) is 4.79 Å². The highest BCUT2D eigenvalue weighted by atomic mass is 16.5. The first-order valence-corrected chi connectivity index (χ1v) is 10.6. The van der Waals surface area contributed by atoms with Crippen LogP contribution in [0.25, 0.3) is 0 Å². The van der Waals surface area contributed by atoms with Crippen LogP contribution in [0.1, 0.15) is 53.8 Å². The van der Waals surface area contributed by atoms with Gasteiger partial charge in [-0.2, -0.15) is 0 Å². The van der Waals surface area contributed by atoms with Crippen LogP contribution in [0.4, 0.5) is 5.82 Å². The van der Waals surface area contributed by atoms with Gasteiger partial charge in [0.05, 0.1) is 5.56 Å². The third-order valence-corrected chi connectivity index (χ3v) is 6.24. The highest BCUT2D eigenvalue weighted by Crippen LogP contribution is 2.40. The predicted molar refractivity (Wildman–Crippen MR) is 112 cm³/mol. The number of H-pyrrole nitrogens is 1. The summed E-state index contributed by atoms with van der Waals surface area (Å²) in [5, 5.41) is 3.62. The van der Waals surface area contributed by atoms with E-state index in [1.807, 2.05) is 37.1 Å². The molecule has 7 nitrogen and oxygen atoms in total. The molecule has 0 aromatic carbocycles. The quantitative estimate of drug-likeness (QED) is 0.828. The van der Waals surface area contributed by atoms with E-state index >= 15 is 0 Å². The standard InChI is InChI=1S/C22H31N5O2/c1-4-19-24-15(2)11-20(26-19)25-17-12-22(6-9-29-10-7-22)14-27(13-17)21(28)18-5-8-23-16(18)3/h5,8,11,17,23H,4,6-7,9-10,12-14H2,1-3H3,(H,24,25,26). The van der Waals surface area contributed by atoms with E-state index in [1.54, 1.807) is 0 Å². The summed E-state index contributed by atoms with van der Waals surface area (Å²) in [5.74, 6) is 1.81. The zero-order valence-corrected chi connectivity index (χ0v) is 17.6. The van der Waals surface area contributed by atoms with Crippen LogP contribution >= 0.6 is 0 Å². The van der Waals surface area contributed by atoms with Crippen LogP contribution in [-0.2, 0) is 11.2 Å². The summed E-state index contributed by atoms with van der Waals surface area (Å²) in [6, 6.07) is 4.03. The highest BCUT2D eigenvalue weighted by molar-refractivity contribution is 5.95. The topological polar surface area (TPSA) is 83.1 Å². The molecular formula is C22H31N5O2. The van der Waals surface area contributed by atoms with Gasteiger partial charge in [-0.25, -0.2) is 9.97 Å². The van der Waals surface area contributed by atoms with Gasteiger partial charge in [0.15, 0.2) is 0 Å². The minimum Gasteiger partial charge on any atom is -0.381 e. The van der Waals surface area contributed by atoms with Crippen LogP contribution in [0.5, 0.6) is 0 Å². The Kier molecular flexibility index (Phi) is 5.58. The maximum Gasteiger partial charge on any atom is 0.255 e. The van der Waals surface area contributed by atoms with Crippen molar-refractivity contribution in [1.82, 2.24) is 19.9 Å².